The molecule has 0 saturated carbocycles. The van der Waals surface area contributed by atoms with Gasteiger partial charge in [0.15, 0.2) is 10.8 Å². The number of benzene rings is 5. The Morgan fingerprint density at radius 3 is 1.76 bits per heavy atom. The molecule has 3 heterocycles. The van der Waals surface area contributed by atoms with Crippen molar-refractivity contribution in [3.63, 3.8) is 0 Å². The number of ether oxygens (including phenoxy) is 4. The molecule has 346 valence electrons. The minimum atomic E-state index is -4.50. The molecule has 0 radical (unpaired) electrons. The normalized spacial score (nSPS) is 16.3. The van der Waals surface area contributed by atoms with Crippen LogP contribution in [0.4, 0.5) is 11.4 Å². The molecule has 0 N–H and O–H groups in total. The highest BCUT2D eigenvalue weighted by Gasteiger charge is 2.46. The fourth-order valence-electron chi connectivity index (χ4n) is 7.83. The molecule has 0 unspecified atom stereocenters. The zero-order valence-electron chi connectivity index (χ0n) is 36.2. The van der Waals surface area contributed by atoms with Crippen molar-refractivity contribution >= 4 is 42.0 Å². The van der Waals surface area contributed by atoms with Crippen LogP contribution in [0.25, 0.3) is 11.2 Å². The summed E-state index contributed by atoms with van der Waals surface area (Å²) >= 11 is 6.40. The molecular weight excluding hydrogens is 907 g/mol. The first-order valence-corrected chi connectivity index (χ1v) is 22.8. The van der Waals surface area contributed by atoms with E-state index in [-0.39, 0.29) is 55.6 Å². The van der Waals surface area contributed by atoms with Gasteiger partial charge in [-0.1, -0.05) is 90.5 Å². The molecular formula is C47H44ClN6O12P. The van der Waals surface area contributed by atoms with Crippen molar-refractivity contribution in [2.75, 3.05) is 34.0 Å². The summed E-state index contributed by atoms with van der Waals surface area (Å²) in [5, 5.41) is 22.7. The number of phosphoric acid groups is 1. The number of nitro benzene ring substituents is 2. The van der Waals surface area contributed by atoms with Crippen LogP contribution in [-0.2, 0) is 46.1 Å². The number of rotatable bonds is 21. The minimum Gasteiger partial charge on any atom is -0.497 e. The van der Waals surface area contributed by atoms with Crippen LogP contribution < -0.4 is 9.47 Å². The highest BCUT2D eigenvalue weighted by Crippen LogP contribution is 2.54. The third kappa shape index (κ3) is 10.7. The van der Waals surface area contributed by atoms with Crippen molar-refractivity contribution in [2.45, 2.75) is 43.3 Å². The Bertz CT molecular complexity index is 2720. The maximum absolute atomic E-state index is 15.0. The maximum atomic E-state index is 15.0. The number of methoxy groups -OCH3 is 2. The van der Waals surface area contributed by atoms with Crippen LogP contribution in [-0.4, -0.2) is 75.6 Å². The Morgan fingerprint density at radius 2 is 1.25 bits per heavy atom. The minimum absolute atomic E-state index is 0.0769. The molecule has 20 heteroatoms. The van der Waals surface area contributed by atoms with Crippen molar-refractivity contribution in [1.29, 1.82) is 0 Å². The van der Waals surface area contributed by atoms with Crippen molar-refractivity contribution in [1.82, 2.24) is 19.5 Å². The summed E-state index contributed by atoms with van der Waals surface area (Å²) in [7, 11) is -1.31. The number of nitrogens with zero attached hydrogens (tertiary/aromatic N) is 6. The molecule has 2 aromatic heterocycles. The van der Waals surface area contributed by atoms with E-state index in [0.29, 0.717) is 33.8 Å². The van der Waals surface area contributed by atoms with E-state index in [0.717, 1.165) is 16.7 Å². The van der Waals surface area contributed by atoms with Gasteiger partial charge >= 0.3 is 7.82 Å². The van der Waals surface area contributed by atoms with E-state index in [1.54, 1.807) is 43.1 Å². The van der Waals surface area contributed by atoms with Crippen LogP contribution in [0, 0.1) is 20.2 Å². The molecule has 0 amide bonds. The number of hydrogen-bond acceptors (Lipinski definition) is 15. The summed E-state index contributed by atoms with van der Waals surface area (Å²) in [5.41, 5.74) is 3.00. The molecule has 0 bridgehead atoms. The fraction of sp³-hybridized carbons (Fsp3) is 0.255. The standard InChI is InChI=1S/C47H44ClN6O12P/c1-60-39-20-12-35(13-21-39)47(34-6-4-3-5-7-34,36-14-22-40(61-2)23-15-36)62-29-42-41(28-43(65-42)52-31-51-44-45(48)49-30-50-46(44)52)66-67(59,63-26-24-32-8-16-37(17-9-32)53(55)56)64-27-25-33-10-18-38(19-11-33)54(57)58/h3-23,30-31,41-43H,24-29H2,1-2H3/t41-,42+,43+/m0/s1. The van der Waals surface area contributed by atoms with Gasteiger partial charge in [0.1, 0.15) is 47.4 Å². The van der Waals surface area contributed by atoms with E-state index in [1.807, 2.05) is 78.9 Å². The molecule has 1 fully saturated rings. The fourth-order valence-corrected chi connectivity index (χ4v) is 9.39. The number of halogens is 1. The second-order valence-electron chi connectivity index (χ2n) is 15.3. The second-order valence-corrected chi connectivity index (χ2v) is 17.3. The SMILES string of the molecule is COc1ccc(C(OC[C@H]2O[C@@H](n3cnc4c(Cl)ncnc43)C[C@@H]2OP(=O)(OCCc2ccc([N+](=O)[O-])cc2)OCCc2ccc([N+](=O)[O-])cc2)(c2ccccc2)c2ccc(OC)cc2)cc1. The van der Waals surface area contributed by atoms with Crippen molar-refractivity contribution in [3.05, 3.63) is 193 Å². The largest absolute Gasteiger partial charge is 0.497 e. The van der Waals surface area contributed by atoms with Gasteiger partial charge in [0.2, 0.25) is 0 Å². The van der Waals surface area contributed by atoms with Crippen LogP contribution >= 0.6 is 19.4 Å². The number of aromatic nitrogens is 4. The van der Waals surface area contributed by atoms with E-state index in [2.05, 4.69) is 15.0 Å². The van der Waals surface area contributed by atoms with E-state index in [4.69, 9.17) is 44.1 Å². The summed E-state index contributed by atoms with van der Waals surface area (Å²) in [5.74, 6) is 1.29. The van der Waals surface area contributed by atoms with Gasteiger partial charge in [0, 0.05) is 30.7 Å². The summed E-state index contributed by atoms with van der Waals surface area (Å²) in [4.78, 5) is 34.5. The van der Waals surface area contributed by atoms with Crippen LogP contribution in [0.1, 0.15) is 40.5 Å². The molecule has 7 aromatic rings. The van der Waals surface area contributed by atoms with E-state index >= 15 is 0 Å². The smallest absolute Gasteiger partial charge is 0.475 e. The van der Waals surface area contributed by atoms with E-state index < -0.39 is 41.7 Å². The maximum Gasteiger partial charge on any atom is 0.475 e. The lowest BCUT2D eigenvalue weighted by molar-refractivity contribution is -0.385. The first kappa shape index (κ1) is 46.9. The third-order valence-electron chi connectivity index (χ3n) is 11.3. The predicted molar refractivity (Wildman–Crippen MR) is 245 cm³/mol. The number of hydrogen-bond donors (Lipinski definition) is 0. The Kier molecular flexibility index (Phi) is 14.6. The van der Waals surface area contributed by atoms with Gasteiger partial charge in [0.05, 0.1) is 50.2 Å². The van der Waals surface area contributed by atoms with Crippen molar-refractivity contribution < 1.29 is 46.9 Å². The molecule has 1 aliphatic rings. The lowest BCUT2D eigenvalue weighted by Gasteiger charge is -2.37. The van der Waals surface area contributed by atoms with Crippen LogP contribution in [0.3, 0.4) is 0 Å². The highest BCUT2D eigenvalue weighted by atomic mass is 35.5. The topological polar surface area (TPSA) is 212 Å². The Balaban J connectivity index is 1.14. The summed E-state index contributed by atoms with van der Waals surface area (Å²) < 4.78 is 60.3. The number of non-ortho nitro benzene ring substituents is 2. The third-order valence-corrected chi connectivity index (χ3v) is 13.1. The molecule has 8 rings (SSSR count). The first-order valence-electron chi connectivity index (χ1n) is 21.0. The molecule has 67 heavy (non-hydrogen) atoms. The summed E-state index contributed by atoms with van der Waals surface area (Å²) in [6.45, 7) is -0.446. The number of phosphoric ester groups is 1. The number of nitro groups is 2. The van der Waals surface area contributed by atoms with Gasteiger partial charge in [-0.15, -0.1) is 0 Å². The Hall–Kier alpha value is -6.63. The molecule has 1 saturated heterocycles. The van der Waals surface area contributed by atoms with Gasteiger partial charge in [-0.05, 0) is 64.9 Å². The number of imidazole rings is 1. The molecule has 0 spiro atoms. The highest BCUT2D eigenvalue weighted by molar-refractivity contribution is 7.48. The van der Waals surface area contributed by atoms with Gasteiger partial charge in [-0.25, -0.2) is 19.5 Å². The average molecular weight is 951 g/mol. The molecule has 1 aliphatic heterocycles. The number of fused-ring (bicyclic) bond motifs is 1. The summed E-state index contributed by atoms with van der Waals surface area (Å²) in [6, 6.07) is 36.6. The van der Waals surface area contributed by atoms with E-state index in [9.17, 15) is 24.8 Å². The average Bonchev–Trinajstić information content (AvgIpc) is 3.97. The van der Waals surface area contributed by atoms with Gasteiger partial charge < -0.3 is 18.9 Å². The van der Waals surface area contributed by atoms with Crippen LogP contribution in [0.15, 0.2) is 140 Å². The van der Waals surface area contributed by atoms with Crippen molar-refractivity contribution in [3.8, 4) is 11.5 Å². The molecule has 5 aromatic carbocycles. The van der Waals surface area contributed by atoms with Crippen LogP contribution in [0.2, 0.25) is 5.15 Å². The zero-order valence-corrected chi connectivity index (χ0v) is 37.8. The summed E-state index contributed by atoms with van der Waals surface area (Å²) in [6.07, 6.45) is 0.600. The lowest BCUT2D eigenvalue weighted by atomic mass is 9.80. The Morgan fingerprint density at radius 1 is 0.731 bits per heavy atom. The van der Waals surface area contributed by atoms with E-state index in [1.165, 1.54) is 36.9 Å². The monoisotopic (exact) mass is 950 g/mol. The van der Waals surface area contributed by atoms with Gasteiger partial charge in [-0.2, -0.15) is 0 Å². The second kappa shape index (κ2) is 20.9. The van der Waals surface area contributed by atoms with Crippen molar-refractivity contribution in [2.24, 2.45) is 0 Å². The zero-order chi connectivity index (χ0) is 47.0. The lowest BCUT2D eigenvalue weighted by Crippen LogP contribution is -2.38. The molecule has 18 nitrogen and oxygen atoms in total. The first-order chi connectivity index (χ1) is 32.5. The Labute approximate surface area is 389 Å². The molecule has 3 atom stereocenters. The quantitative estimate of drug-likeness (QED) is 0.0216. The predicted octanol–water partition coefficient (Wildman–Crippen LogP) is 9.62. The van der Waals surface area contributed by atoms with Crippen LogP contribution in [0.5, 0.6) is 11.5 Å². The van der Waals surface area contributed by atoms with Gasteiger partial charge in [-0.3, -0.25) is 38.4 Å². The molecule has 0 aliphatic carbocycles. The van der Waals surface area contributed by atoms with Gasteiger partial charge in [0.25, 0.3) is 11.4 Å².